The Hall–Kier alpha value is -1.94. The van der Waals surface area contributed by atoms with E-state index in [1.54, 1.807) is 11.9 Å². The highest BCUT2D eigenvalue weighted by Crippen LogP contribution is 2.19. The summed E-state index contributed by atoms with van der Waals surface area (Å²) in [6.45, 7) is 0.250. The summed E-state index contributed by atoms with van der Waals surface area (Å²) in [7, 11) is 1.78. The average molecular weight is 246 g/mol. The molecule has 1 aromatic heterocycles. The van der Waals surface area contributed by atoms with Crippen LogP contribution in [0, 0.1) is 5.82 Å². The lowest BCUT2D eigenvalue weighted by atomic mass is 10.2. The minimum Gasteiger partial charge on any atom is -0.392 e. The Morgan fingerprint density at radius 3 is 2.61 bits per heavy atom. The van der Waals surface area contributed by atoms with Gasteiger partial charge in [-0.3, -0.25) is 0 Å². The van der Waals surface area contributed by atoms with Gasteiger partial charge in [-0.15, -0.1) is 0 Å². The van der Waals surface area contributed by atoms with Crippen LogP contribution in [0.25, 0.3) is 0 Å². The number of aromatic nitrogens is 1. The third-order valence-electron chi connectivity index (χ3n) is 2.75. The molecule has 0 aliphatic rings. The van der Waals surface area contributed by atoms with Gasteiger partial charge in [-0.05, 0) is 11.6 Å². The summed E-state index contributed by atoms with van der Waals surface area (Å²) in [6, 6.07) is 11.3. The van der Waals surface area contributed by atoms with Crippen LogP contribution in [-0.2, 0) is 13.2 Å². The van der Waals surface area contributed by atoms with E-state index < -0.39 is 5.82 Å². The van der Waals surface area contributed by atoms with Gasteiger partial charge in [0, 0.05) is 25.4 Å². The summed E-state index contributed by atoms with van der Waals surface area (Å²) < 4.78 is 14.0. The zero-order valence-electron chi connectivity index (χ0n) is 10.2. The zero-order chi connectivity index (χ0) is 13.0. The monoisotopic (exact) mass is 246 g/mol. The molecule has 0 saturated carbocycles. The number of hydrogen-bond donors (Lipinski definition) is 1. The summed E-state index contributed by atoms with van der Waals surface area (Å²) >= 11 is 0. The van der Waals surface area contributed by atoms with E-state index in [0.29, 0.717) is 6.54 Å². The van der Waals surface area contributed by atoms with Crippen LogP contribution in [0.15, 0.2) is 42.6 Å². The fourth-order valence-electron chi connectivity index (χ4n) is 1.79. The highest BCUT2D eigenvalue weighted by Gasteiger charge is 2.12. The van der Waals surface area contributed by atoms with Gasteiger partial charge in [0.1, 0.15) is 0 Å². The van der Waals surface area contributed by atoms with Crippen molar-refractivity contribution in [3.8, 4) is 0 Å². The number of benzene rings is 1. The molecule has 1 heterocycles. The van der Waals surface area contributed by atoms with E-state index >= 15 is 0 Å². The van der Waals surface area contributed by atoms with Crippen molar-refractivity contribution in [2.24, 2.45) is 0 Å². The fraction of sp³-hybridized carbons (Fsp3) is 0.214. The van der Waals surface area contributed by atoms with Gasteiger partial charge < -0.3 is 10.0 Å². The maximum atomic E-state index is 14.0. The minimum atomic E-state index is -0.460. The molecule has 0 aliphatic carbocycles. The van der Waals surface area contributed by atoms with Crippen molar-refractivity contribution in [2.45, 2.75) is 13.2 Å². The smallest absolute Gasteiger partial charge is 0.171 e. The Balaban J connectivity index is 2.21. The lowest BCUT2D eigenvalue weighted by Crippen LogP contribution is -2.19. The number of pyridine rings is 1. The molecule has 94 valence electrons. The molecule has 4 heteroatoms. The molecule has 2 rings (SSSR count). The van der Waals surface area contributed by atoms with Crippen molar-refractivity contribution in [1.82, 2.24) is 4.98 Å². The largest absolute Gasteiger partial charge is 0.392 e. The molecule has 0 unspecified atom stereocenters. The molecule has 0 atom stereocenters. The standard InChI is InChI=1S/C14H15FN2O/c1-17(9-11-5-3-2-4-6-11)14-13(15)12(10-18)7-8-16-14/h2-8,18H,9-10H2,1H3. The second-order valence-electron chi connectivity index (χ2n) is 4.11. The lowest BCUT2D eigenvalue weighted by molar-refractivity contribution is 0.275. The zero-order valence-corrected chi connectivity index (χ0v) is 10.2. The van der Waals surface area contributed by atoms with Gasteiger partial charge in [-0.1, -0.05) is 30.3 Å². The Kier molecular flexibility index (Phi) is 3.89. The van der Waals surface area contributed by atoms with Crippen LogP contribution in [0.2, 0.25) is 0 Å². The van der Waals surface area contributed by atoms with Crippen LogP contribution in [0.1, 0.15) is 11.1 Å². The molecule has 0 aliphatic heterocycles. The fourth-order valence-corrected chi connectivity index (χ4v) is 1.79. The van der Waals surface area contributed by atoms with Crippen LogP contribution in [0.5, 0.6) is 0 Å². The van der Waals surface area contributed by atoms with Crippen molar-refractivity contribution >= 4 is 5.82 Å². The number of anilines is 1. The molecule has 0 amide bonds. The van der Waals surface area contributed by atoms with Crippen LogP contribution in [-0.4, -0.2) is 17.1 Å². The molecule has 3 nitrogen and oxygen atoms in total. The third kappa shape index (κ3) is 2.65. The first-order chi connectivity index (χ1) is 8.72. The highest BCUT2D eigenvalue weighted by molar-refractivity contribution is 5.42. The maximum absolute atomic E-state index is 14.0. The van der Waals surface area contributed by atoms with Crippen LogP contribution >= 0.6 is 0 Å². The van der Waals surface area contributed by atoms with Gasteiger partial charge in [0.2, 0.25) is 0 Å². The summed E-state index contributed by atoms with van der Waals surface area (Å²) in [5, 5.41) is 9.03. The van der Waals surface area contributed by atoms with E-state index in [-0.39, 0.29) is 18.0 Å². The van der Waals surface area contributed by atoms with E-state index in [4.69, 9.17) is 5.11 Å². The predicted octanol–water partition coefficient (Wildman–Crippen LogP) is 2.35. The molecule has 0 spiro atoms. The molecule has 1 N–H and O–H groups in total. The number of nitrogens with zero attached hydrogens (tertiary/aromatic N) is 2. The van der Waals surface area contributed by atoms with E-state index in [1.807, 2.05) is 30.3 Å². The van der Waals surface area contributed by atoms with Crippen molar-refractivity contribution in [3.05, 3.63) is 59.5 Å². The van der Waals surface area contributed by atoms with Crippen LogP contribution in [0.4, 0.5) is 10.2 Å². The van der Waals surface area contributed by atoms with Gasteiger partial charge in [0.25, 0.3) is 0 Å². The third-order valence-corrected chi connectivity index (χ3v) is 2.75. The van der Waals surface area contributed by atoms with E-state index in [9.17, 15) is 4.39 Å². The van der Waals surface area contributed by atoms with Gasteiger partial charge in [0.05, 0.1) is 6.61 Å². The molecule has 18 heavy (non-hydrogen) atoms. The molecule has 0 bridgehead atoms. The SMILES string of the molecule is CN(Cc1ccccc1)c1nccc(CO)c1F. The first-order valence-corrected chi connectivity index (χ1v) is 5.71. The summed E-state index contributed by atoms with van der Waals surface area (Å²) in [4.78, 5) is 5.75. The van der Waals surface area contributed by atoms with E-state index in [1.165, 1.54) is 12.3 Å². The molecule has 0 fully saturated rings. The molecule has 0 saturated heterocycles. The summed E-state index contributed by atoms with van der Waals surface area (Å²) in [6.07, 6.45) is 1.51. The number of halogens is 1. The molecular formula is C14H15FN2O. The number of aliphatic hydroxyl groups excluding tert-OH is 1. The van der Waals surface area contributed by atoms with Crippen molar-refractivity contribution in [1.29, 1.82) is 0 Å². The van der Waals surface area contributed by atoms with Gasteiger partial charge in [-0.25, -0.2) is 9.37 Å². The Labute approximate surface area is 106 Å². The molecule has 0 radical (unpaired) electrons. The Bertz CT molecular complexity index is 516. The van der Waals surface area contributed by atoms with Gasteiger partial charge >= 0.3 is 0 Å². The first kappa shape index (κ1) is 12.5. The Morgan fingerprint density at radius 1 is 1.22 bits per heavy atom. The molecule has 2 aromatic rings. The first-order valence-electron chi connectivity index (χ1n) is 5.71. The lowest BCUT2D eigenvalue weighted by Gasteiger charge is -2.19. The number of aliphatic hydroxyl groups is 1. The van der Waals surface area contributed by atoms with Crippen LogP contribution in [0.3, 0.4) is 0 Å². The average Bonchev–Trinajstić information content (AvgIpc) is 2.40. The second kappa shape index (κ2) is 5.60. The topological polar surface area (TPSA) is 36.4 Å². The second-order valence-corrected chi connectivity index (χ2v) is 4.11. The minimum absolute atomic E-state index is 0.255. The highest BCUT2D eigenvalue weighted by atomic mass is 19.1. The molecular weight excluding hydrogens is 231 g/mol. The normalized spacial score (nSPS) is 10.4. The summed E-state index contributed by atoms with van der Waals surface area (Å²) in [5.74, 6) is -0.205. The van der Waals surface area contributed by atoms with E-state index in [2.05, 4.69) is 4.98 Å². The van der Waals surface area contributed by atoms with Crippen LogP contribution < -0.4 is 4.90 Å². The summed E-state index contributed by atoms with van der Waals surface area (Å²) in [5.41, 5.74) is 1.34. The van der Waals surface area contributed by atoms with E-state index in [0.717, 1.165) is 5.56 Å². The van der Waals surface area contributed by atoms with Gasteiger partial charge in [0.15, 0.2) is 11.6 Å². The maximum Gasteiger partial charge on any atom is 0.171 e. The Morgan fingerprint density at radius 2 is 1.94 bits per heavy atom. The number of hydrogen-bond acceptors (Lipinski definition) is 3. The van der Waals surface area contributed by atoms with Crippen molar-refractivity contribution in [2.75, 3.05) is 11.9 Å². The van der Waals surface area contributed by atoms with Gasteiger partial charge in [-0.2, -0.15) is 0 Å². The van der Waals surface area contributed by atoms with Crippen molar-refractivity contribution in [3.63, 3.8) is 0 Å². The molecule has 1 aromatic carbocycles. The quantitative estimate of drug-likeness (QED) is 0.899. The predicted molar refractivity (Wildman–Crippen MR) is 68.7 cm³/mol. The van der Waals surface area contributed by atoms with Crippen molar-refractivity contribution < 1.29 is 9.50 Å². The number of rotatable bonds is 4.